The zero-order valence-electron chi connectivity index (χ0n) is 16.8. The second-order valence-electron chi connectivity index (χ2n) is 6.58. The van der Waals surface area contributed by atoms with E-state index in [0.29, 0.717) is 29.8 Å². The second-order valence-corrected chi connectivity index (χ2v) is 7.42. The Balaban J connectivity index is 1.95. The van der Waals surface area contributed by atoms with E-state index in [9.17, 15) is 0 Å². The lowest BCUT2D eigenvalue weighted by atomic mass is 10.0. The van der Waals surface area contributed by atoms with E-state index in [2.05, 4.69) is 5.32 Å². The molecular weight excluding hydrogens is 409 g/mol. The SMILES string of the molecule is CCOC(OCC)C(C)NC1=Nc2ccc(Cl)cc2C(c2ccccc2Cl)=NC1. The zero-order chi connectivity index (χ0) is 20.8. The van der Waals surface area contributed by atoms with Crippen molar-refractivity contribution in [3.05, 3.63) is 63.6 Å². The van der Waals surface area contributed by atoms with E-state index < -0.39 is 0 Å². The number of benzene rings is 2. The van der Waals surface area contributed by atoms with Crippen molar-refractivity contribution in [3.8, 4) is 0 Å². The van der Waals surface area contributed by atoms with E-state index in [1.807, 2.05) is 63.2 Å². The Labute approximate surface area is 181 Å². The minimum Gasteiger partial charge on any atom is -0.364 e. The quantitative estimate of drug-likeness (QED) is 0.606. The zero-order valence-corrected chi connectivity index (χ0v) is 18.3. The van der Waals surface area contributed by atoms with Crippen LogP contribution in [0.5, 0.6) is 0 Å². The first-order chi connectivity index (χ1) is 14.0. The van der Waals surface area contributed by atoms with Crippen LogP contribution in [0.15, 0.2) is 52.4 Å². The molecule has 1 atom stereocenters. The van der Waals surface area contributed by atoms with Gasteiger partial charge < -0.3 is 14.8 Å². The highest BCUT2D eigenvalue weighted by molar-refractivity contribution is 6.36. The number of amidine groups is 1. The highest BCUT2D eigenvalue weighted by Gasteiger charge is 2.22. The normalized spacial score (nSPS) is 14.7. The van der Waals surface area contributed by atoms with Crippen LogP contribution in [-0.2, 0) is 9.47 Å². The van der Waals surface area contributed by atoms with Crippen LogP contribution in [0, 0.1) is 0 Å². The van der Waals surface area contributed by atoms with Crippen molar-refractivity contribution in [2.75, 3.05) is 19.8 Å². The van der Waals surface area contributed by atoms with Gasteiger partial charge in [0.1, 0.15) is 5.84 Å². The molecule has 0 spiro atoms. The smallest absolute Gasteiger partial charge is 0.177 e. The molecule has 0 fully saturated rings. The molecule has 1 heterocycles. The van der Waals surface area contributed by atoms with E-state index in [0.717, 1.165) is 28.4 Å². The molecule has 0 radical (unpaired) electrons. The van der Waals surface area contributed by atoms with Gasteiger partial charge in [-0.25, -0.2) is 4.99 Å². The van der Waals surface area contributed by atoms with Gasteiger partial charge in [-0.05, 0) is 45.0 Å². The van der Waals surface area contributed by atoms with Crippen LogP contribution < -0.4 is 5.32 Å². The minimum atomic E-state index is -0.368. The van der Waals surface area contributed by atoms with Gasteiger partial charge in [0.2, 0.25) is 0 Å². The average molecular weight is 434 g/mol. The fourth-order valence-corrected chi connectivity index (χ4v) is 3.57. The summed E-state index contributed by atoms with van der Waals surface area (Å²) in [6, 6.07) is 13.1. The molecule has 1 unspecified atom stereocenters. The van der Waals surface area contributed by atoms with Crippen LogP contribution in [0.4, 0.5) is 5.69 Å². The topological polar surface area (TPSA) is 55.2 Å². The first-order valence-electron chi connectivity index (χ1n) is 9.70. The van der Waals surface area contributed by atoms with Gasteiger partial charge in [-0.15, -0.1) is 0 Å². The summed E-state index contributed by atoms with van der Waals surface area (Å²) in [5.41, 5.74) is 3.25. The summed E-state index contributed by atoms with van der Waals surface area (Å²) in [5, 5.41) is 4.65. The Morgan fingerprint density at radius 3 is 2.45 bits per heavy atom. The maximum absolute atomic E-state index is 6.45. The number of aliphatic imine (C=N–C) groups is 2. The molecule has 2 aromatic rings. The molecule has 29 heavy (non-hydrogen) atoms. The lowest BCUT2D eigenvalue weighted by Crippen LogP contribution is -2.44. The van der Waals surface area contributed by atoms with E-state index in [4.69, 9.17) is 42.7 Å². The van der Waals surface area contributed by atoms with Gasteiger partial charge in [0, 0.05) is 34.4 Å². The fraction of sp³-hybridized carbons (Fsp3) is 0.364. The molecule has 1 aliphatic rings. The number of ether oxygens (including phenoxy) is 2. The summed E-state index contributed by atoms with van der Waals surface area (Å²) in [6.45, 7) is 7.41. The van der Waals surface area contributed by atoms with Crippen molar-refractivity contribution in [3.63, 3.8) is 0 Å². The van der Waals surface area contributed by atoms with Crippen molar-refractivity contribution < 1.29 is 9.47 Å². The van der Waals surface area contributed by atoms with E-state index in [1.54, 1.807) is 0 Å². The summed E-state index contributed by atoms with van der Waals surface area (Å²) < 4.78 is 11.4. The summed E-state index contributed by atoms with van der Waals surface area (Å²) in [5.74, 6) is 0.729. The van der Waals surface area contributed by atoms with Crippen LogP contribution in [0.25, 0.3) is 0 Å². The monoisotopic (exact) mass is 433 g/mol. The summed E-state index contributed by atoms with van der Waals surface area (Å²) in [6.07, 6.45) is -0.368. The van der Waals surface area contributed by atoms with Gasteiger partial charge >= 0.3 is 0 Å². The number of hydrogen-bond donors (Lipinski definition) is 1. The van der Waals surface area contributed by atoms with Crippen molar-refractivity contribution in [1.29, 1.82) is 0 Å². The van der Waals surface area contributed by atoms with Crippen LogP contribution in [0.3, 0.4) is 0 Å². The summed E-state index contributed by atoms with van der Waals surface area (Å²) in [4.78, 5) is 9.63. The van der Waals surface area contributed by atoms with Gasteiger partial charge in [-0.1, -0.05) is 41.4 Å². The highest BCUT2D eigenvalue weighted by atomic mass is 35.5. The number of rotatable bonds is 7. The average Bonchev–Trinajstić information content (AvgIpc) is 2.87. The van der Waals surface area contributed by atoms with Crippen molar-refractivity contribution in [2.45, 2.75) is 33.1 Å². The molecule has 0 aromatic heterocycles. The Bertz CT molecular complexity index is 909. The van der Waals surface area contributed by atoms with Crippen molar-refractivity contribution in [2.24, 2.45) is 9.98 Å². The molecule has 1 N–H and O–H groups in total. The van der Waals surface area contributed by atoms with Crippen molar-refractivity contribution in [1.82, 2.24) is 5.32 Å². The van der Waals surface area contributed by atoms with Crippen LogP contribution >= 0.6 is 23.2 Å². The van der Waals surface area contributed by atoms with Crippen LogP contribution in [0.1, 0.15) is 31.9 Å². The van der Waals surface area contributed by atoms with E-state index in [-0.39, 0.29) is 12.3 Å². The van der Waals surface area contributed by atoms with Gasteiger partial charge in [0.15, 0.2) is 6.29 Å². The maximum atomic E-state index is 6.45. The predicted molar refractivity (Wildman–Crippen MR) is 120 cm³/mol. The van der Waals surface area contributed by atoms with Crippen molar-refractivity contribution >= 4 is 40.4 Å². The molecule has 0 aliphatic carbocycles. The Kier molecular flexibility index (Phi) is 7.67. The number of nitrogens with zero attached hydrogens (tertiary/aromatic N) is 2. The maximum Gasteiger partial charge on any atom is 0.177 e. The molecule has 0 amide bonds. The molecule has 154 valence electrons. The predicted octanol–water partition coefficient (Wildman–Crippen LogP) is 5.25. The number of hydrogen-bond acceptors (Lipinski definition) is 5. The first kappa shape index (κ1) is 21.8. The summed E-state index contributed by atoms with van der Waals surface area (Å²) in [7, 11) is 0. The fourth-order valence-electron chi connectivity index (χ4n) is 3.17. The van der Waals surface area contributed by atoms with Gasteiger partial charge in [-0.2, -0.15) is 0 Å². The Morgan fingerprint density at radius 2 is 1.76 bits per heavy atom. The number of fused-ring (bicyclic) bond motifs is 1. The second kappa shape index (κ2) is 10.2. The third-order valence-electron chi connectivity index (χ3n) is 4.45. The number of nitrogens with one attached hydrogen (secondary N) is 1. The molecular formula is C22H25Cl2N3O2. The number of halogens is 2. The molecule has 0 saturated carbocycles. The van der Waals surface area contributed by atoms with E-state index in [1.165, 1.54) is 0 Å². The lowest BCUT2D eigenvalue weighted by Gasteiger charge is -2.25. The Morgan fingerprint density at radius 1 is 1.03 bits per heavy atom. The van der Waals surface area contributed by atoms with Crippen LogP contribution in [-0.4, -0.2) is 43.6 Å². The third-order valence-corrected chi connectivity index (χ3v) is 5.01. The standard InChI is InChI=1S/C22H25Cl2N3O2/c1-4-28-22(29-5-2)14(3)26-20-13-25-21(16-8-6-7-9-18(16)24)17-12-15(23)10-11-19(17)27-20/h6-12,14,22H,4-5,13H2,1-3H3,(H,26,27). The Hall–Kier alpha value is -1.92. The molecule has 5 nitrogen and oxygen atoms in total. The minimum absolute atomic E-state index is 0.0959. The third kappa shape index (κ3) is 5.37. The molecule has 3 rings (SSSR count). The summed E-state index contributed by atoms with van der Waals surface area (Å²) >= 11 is 12.7. The van der Waals surface area contributed by atoms with Gasteiger partial charge in [0.05, 0.1) is 24.0 Å². The first-order valence-corrected chi connectivity index (χ1v) is 10.5. The van der Waals surface area contributed by atoms with E-state index >= 15 is 0 Å². The lowest BCUT2D eigenvalue weighted by molar-refractivity contribution is -0.148. The molecule has 0 bridgehead atoms. The van der Waals surface area contributed by atoms with Crippen LogP contribution in [0.2, 0.25) is 10.0 Å². The molecule has 7 heteroatoms. The van der Waals surface area contributed by atoms with Gasteiger partial charge in [0.25, 0.3) is 0 Å². The highest BCUT2D eigenvalue weighted by Crippen LogP contribution is 2.30. The van der Waals surface area contributed by atoms with Gasteiger partial charge in [-0.3, -0.25) is 4.99 Å². The largest absolute Gasteiger partial charge is 0.364 e. The molecule has 0 saturated heterocycles. The molecule has 1 aliphatic heterocycles. The molecule has 2 aromatic carbocycles.